The number of aromatic nitrogens is 2. The van der Waals surface area contributed by atoms with Crippen LogP contribution in [0.25, 0.3) is 10.9 Å². The van der Waals surface area contributed by atoms with Gasteiger partial charge in [-0.15, -0.1) is 0 Å². The smallest absolute Gasteiger partial charge is 0.258 e. The molecular formula is C23H36N4O3. The number of hydrogen-bond acceptors (Lipinski definition) is 6. The average molecular weight is 417 g/mol. The maximum absolute atomic E-state index is 11.8. The molecule has 1 aliphatic rings. The van der Waals surface area contributed by atoms with Crippen molar-refractivity contribution in [3.63, 3.8) is 0 Å². The fourth-order valence-electron chi connectivity index (χ4n) is 3.77. The van der Waals surface area contributed by atoms with Crippen molar-refractivity contribution in [1.29, 1.82) is 0 Å². The minimum atomic E-state index is -0.213. The van der Waals surface area contributed by atoms with Crippen LogP contribution in [-0.2, 0) is 11.2 Å². The number of aromatic amines is 1. The quantitative estimate of drug-likeness (QED) is 0.644. The van der Waals surface area contributed by atoms with Crippen molar-refractivity contribution in [1.82, 2.24) is 20.2 Å². The molecule has 2 aromatic rings. The molecule has 0 aliphatic carbocycles. The maximum Gasteiger partial charge on any atom is 0.258 e. The van der Waals surface area contributed by atoms with Crippen molar-refractivity contribution in [3.8, 4) is 5.75 Å². The lowest BCUT2D eigenvalue weighted by Gasteiger charge is -2.34. The number of likely N-dealkylation sites (tertiary alicyclic amines) is 1. The first-order valence-electron chi connectivity index (χ1n) is 10.9. The number of benzene rings is 1. The molecule has 1 fully saturated rings. The average Bonchev–Trinajstić information content (AvgIpc) is 2.76. The number of carbonyl (C=O) groups excluding carboxylic acids is 1. The number of nitrogens with one attached hydrogen (secondary N) is 2. The van der Waals surface area contributed by atoms with Crippen molar-refractivity contribution in [2.75, 3.05) is 33.8 Å². The van der Waals surface area contributed by atoms with Crippen LogP contribution in [-0.4, -0.2) is 61.0 Å². The predicted molar refractivity (Wildman–Crippen MR) is 121 cm³/mol. The molecule has 1 aliphatic heterocycles. The lowest BCUT2D eigenvalue weighted by molar-refractivity contribution is -0.107. The molecule has 0 atom stereocenters. The van der Waals surface area contributed by atoms with Gasteiger partial charge in [-0.2, -0.15) is 0 Å². The third-order valence-electron chi connectivity index (χ3n) is 5.65. The van der Waals surface area contributed by atoms with Gasteiger partial charge in [0.25, 0.3) is 5.56 Å². The van der Waals surface area contributed by atoms with E-state index in [1.165, 1.54) is 46.0 Å². The van der Waals surface area contributed by atoms with Crippen molar-refractivity contribution in [3.05, 3.63) is 34.4 Å². The number of hydrogen-bond donors (Lipinski definition) is 2. The van der Waals surface area contributed by atoms with Crippen LogP contribution in [0.2, 0.25) is 0 Å². The lowest BCUT2D eigenvalue weighted by Crippen LogP contribution is -2.38. The first-order valence-corrected chi connectivity index (χ1v) is 10.9. The molecule has 0 unspecified atom stereocenters. The molecule has 30 heavy (non-hydrogen) atoms. The van der Waals surface area contributed by atoms with Gasteiger partial charge in [-0.05, 0) is 77.8 Å². The van der Waals surface area contributed by atoms with Gasteiger partial charge >= 0.3 is 0 Å². The molecule has 0 spiro atoms. The zero-order chi connectivity index (χ0) is 21.9. The highest BCUT2D eigenvalue weighted by atomic mass is 16.5. The van der Waals surface area contributed by atoms with Gasteiger partial charge in [0.15, 0.2) is 0 Å². The van der Waals surface area contributed by atoms with Crippen molar-refractivity contribution < 1.29 is 9.53 Å². The number of aldehydes is 1. The maximum atomic E-state index is 11.8. The van der Waals surface area contributed by atoms with E-state index in [-0.39, 0.29) is 5.56 Å². The van der Waals surface area contributed by atoms with E-state index in [9.17, 15) is 9.59 Å². The number of ether oxygens (including phenoxy) is 1. The molecule has 1 saturated heterocycles. The topological polar surface area (TPSA) is 87.3 Å². The number of carbonyl (C=O) groups is 1. The first-order chi connectivity index (χ1) is 14.5. The van der Waals surface area contributed by atoms with Gasteiger partial charge in [0.05, 0.1) is 12.5 Å². The number of rotatable bonds is 8. The van der Waals surface area contributed by atoms with Gasteiger partial charge in [0.2, 0.25) is 0 Å². The highest BCUT2D eigenvalue weighted by molar-refractivity contribution is 5.83. The van der Waals surface area contributed by atoms with Gasteiger partial charge in [-0.1, -0.05) is 6.07 Å². The Morgan fingerprint density at radius 2 is 2.07 bits per heavy atom. The second-order valence-corrected chi connectivity index (χ2v) is 8.04. The normalized spacial score (nSPS) is 15.1. The van der Waals surface area contributed by atoms with E-state index in [1.54, 1.807) is 18.2 Å². The molecule has 166 valence electrons. The molecular weight excluding hydrogens is 380 g/mol. The Morgan fingerprint density at radius 3 is 2.67 bits per heavy atom. The Balaban J connectivity index is 0.000000222. The molecule has 2 heterocycles. The predicted octanol–water partition coefficient (Wildman–Crippen LogP) is 2.78. The molecule has 7 heteroatoms. The summed E-state index contributed by atoms with van der Waals surface area (Å²) in [6.45, 7) is 8.41. The van der Waals surface area contributed by atoms with Crippen LogP contribution >= 0.6 is 0 Å². The number of fused-ring (bicyclic) bond motifs is 1. The largest absolute Gasteiger partial charge is 0.494 e. The zero-order valence-corrected chi connectivity index (χ0v) is 18.7. The van der Waals surface area contributed by atoms with Crippen LogP contribution in [0.5, 0.6) is 5.75 Å². The molecule has 1 aromatic heterocycles. The third-order valence-corrected chi connectivity index (χ3v) is 5.65. The van der Waals surface area contributed by atoms with Crippen LogP contribution < -0.4 is 15.6 Å². The van der Waals surface area contributed by atoms with E-state index in [4.69, 9.17) is 4.74 Å². The van der Waals surface area contributed by atoms with Gasteiger partial charge < -0.3 is 24.7 Å². The van der Waals surface area contributed by atoms with Crippen LogP contribution in [0, 0.1) is 5.92 Å². The second kappa shape index (κ2) is 12.4. The number of H-pyrrole nitrogens is 1. The van der Waals surface area contributed by atoms with Crippen LogP contribution in [0.15, 0.2) is 23.0 Å². The second-order valence-electron chi connectivity index (χ2n) is 8.04. The summed E-state index contributed by atoms with van der Waals surface area (Å²) in [5, 5.41) is 3.72. The summed E-state index contributed by atoms with van der Waals surface area (Å²) in [5.74, 6) is 2.03. The molecule has 2 N–H and O–H groups in total. The third kappa shape index (κ3) is 6.92. The molecule has 0 radical (unpaired) electrons. The Labute approximate surface area is 179 Å². The SMILES string of the molecule is CNCCC1CCN(C(C)C)CC1.COc1cccc2c(=O)[nH]c(CCC=O)nc12. The van der Waals surface area contributed by atoms with Crippen LogP contribution in [0.1, 0.15) is 45.4 Å². The van der Waals surface area contributed by atoms with E-state index in [0.717, 1.165) is 18.2 Å². The minimum absolute atomic E-state index is 0.213. The lowest BCUT2D eigenvalue weighted by atomic mass is 9.93. The summed E-state index contributed by atoms with van der Waals surface area (Å²) in [6, 6.07) is 5.92. The Morgan fingerprint density at radius 1 is 1.33 bits per heavy atom. The monoisotopic (exact) mass is 416 g/mol. The molecule has 1 aromatic carbocycles. The van der Waals surface area contributed by atoms with E-state index in [2.05, 4.69) is 34.0 Å². The number of para-hydroxylation sites is 1. The van der Waals surface area contributed by atoms with Crippen molar-refractivity contribution in [2.24, 2.45) is 5.92 Å². The standard InChI is InChI=1S/C12H12N2O3.C11H24N2/c1-17-9-5-2-4-8-11(9)13-10(6-3-7-15)14-12(8)16;1-10(2)13-8-5-11(6-9-13)4-7-12-3/h2,4-5,7H,3,6H2,1H3,(H,13,14,16);10-12H,4-9H2,1-3H3. The molecule has 3 rings (SSSR count). The van der Waals surface area contributed by atoms with Crippen LogP contribution in [0.3, 0.4) is 0 Å². The van der Waals surface area contributed by atoms with E-state index < -0.39 is 0 Å². The Bertz CT molecular complexity index is 842. The first kappa shape index (κ1) is 24.0. The number of piperidine rings is 1. The zero-order valence-electron chi connectivity index (χ0n) is 18.7. The summed E-state index contributed by atoms with van der Waals surface area (Å²) in [6.07, 6.45) is 5.73. The molecule has 0 amide bonds. The summed E-state index contributed by atoms with van der Waals surface area (Å²) in [5.41, 5.74) is 0.314. The Kier molecular flexibility index (Phi) is 9.97. The van der Waals surface area contributed by atoms with E-state index in [1.807, 2.05) is 7.05 Å². The highest BCUT2D eigenvalue weighted by Gasteiger charge is 2.19. The summed E-state index contributed by atoms with van der Waals surface area (Å²) in [7, 11) is 3.58. The van der Waals surface area contributed by atoms with E-state index in [0.29, 0.717) is 35.3 Å². The van der Waals surface area contributed by atoms with Crippen LogP contribution in [0.4, 0.5) is 0 Å². The van der Waals surface area contributed by atoms with Crippen molar-refractivity contribution in [2.45, 2.75) is 52.0 Å². The van der Waals surface area contributed by atoms with Gasteiger partial charge in [0.1, 0.15) is 23.4 Å². The molecule has 0 bridgehead atoms. The summed E-state index contributed by atoms with van der Waals surface area (Å²) < 4.78 is 5.16. The van der Waals surface area contributed by atoms with Gasteiger partial charge in [0, 0.05) is 18.9 Å². The molecule has 0 saturated carbocycles. The van der Waals surface area contributed by atoms with E-state index >= 15 is 0 Å². The molecule has 7 nitrogen and oxygen atoms in total. The van der Waals surface area contributed by atoms with Gasteiger partial charge in [-0.3, -0.25) is 4.79 Å². The fraction of sp³-hybridized carbons (Fsp3) is 0.609. The van der Waals surface area contributed by atoms with Gasteiger partial charge in [-0.25, -0.2) is 4.98 Å². The highest BCUT2D eigenvalue weighted by Crippen LogP contribution is 2.21. The number of methoxy groups -OCH3 is 1. The summed E-state index contributed by atoms with van der Waals surface area (Å²) in [4.78, 5) is 31.7. The Hall–Kier alpha value is -2.25. The number of nitrogens with zero attached hydrogens (tertiary/aromatic N) is 2. The number of aryl methyl sites for hydroxylation is 1. The minimum Gasteiger partial charge on any atom is -0.494 e. The summed E-state index contributed by atoms with van der Waals surface area (Å²) >= 11 is 0. The fourth-order valence-corrected chi connectivity index (χ4v) is 3.77. The van der Waals surface area contributed by atoms with Crippen molar-refractivity contribution >= 4 is 17.2 Å².